The predicted molar refractivity (Wildman–Crippen MR) is 54.1 cm³/mol. The Morgan fingerprint density at radius 1 is 1.31 bits per heavy atom. The van der Waals surface area contributed by atoms with Gasteiger partial charge in [0.25, 0.3) is 0 Å². The van der Waals surface area contributed by atoms with Crippen molar-refractivity contribution >= 4 is 0 Å². The summed E-state index contributed by atoms with van der Waals surface area (Å²) in [7, 11) is 1.66. The van der Waals surface area contributed by atoms with E-state index in [0.29, 0.717) is 5.92 Å². The van der Waals surface area contributed by atoms with Gasteiger partial charge in [0.05, 0.1) is 13.3 Å². The molecule has 0 fully saturated rings. The average molecular weight is 179 g/mol. The van der Waals surface area contributed by atoms with Crippen molar-refractivity contribution in [3.8, 4) is 5.75 Å². The smallest absolute Gasteiger partial charge is 0.137 e. The van der Waals surface area contributed by atoms with E-state index in [9.17, 15) is 0 Å². The van der Waals surface area contributed by atoms with Crippen LogP contribution in [0.15, 0.2) is 18.3 Å². The van der Waals surface area contributed by atoms with Gasteiger partial charge in [0.1, 0.15) is 5.75 Å². The van der Waals surface area contributed by atoms with E-state index in [4.69, 9.17) is 4.74 Å². The molecule has 1 aromatic rings. The van der Waals surface area contributed by atoms with Gasteiger partial charge in [-0.3, -0.25) is 4.98 Å². The van der Waals surface area contributed by atoms with E-state index in [0.717, 1.165) is 18.6 Å². The molecule has 0 aliphatic rings. The van der Waals surface area contributed by atoms with Crippen LogP contribution >= 0.6 is 0 Å². The number of aromatic nitrogens is 1. The summed E-state index contributed by atoms with van der Waals surface area (Å²) >= 11 is 0. The lowest BCUT2D eigenvalue weighted by molar-refractivity contribution is 0.412. The van der Waals surface area contributed by atoms with E-state index in [-0.39, 0.29) is 0 Å². The summed E-state index contributed by atoms with van der Waals surface area (Å²) in [6.45, 7) is 4.39. The van der Waals surface area contributed by atoms with Gasteiger partial charge in [-0.1, -0.05) is 13.8 Å². The molecule has 2 heteroatoms. The molecule has 1 heterocycles. The average Bonchev–Trinajstić information content (AvgIpc) is 2.21. The highest BCUT2D eigenvalue weighted by Gasteiger charge is 2.07. The second-order valence-corrected chi connectivity index (χ2v) is 3.14. The van der Waals surface area contributed by atoms with E-state index >= 15 is 0 Å². The highest BCUT2D eigenvalue weighted by atomic mass is 16.5. The van der Waals surface area contributed by atoms with Gasteiger partial charge in [0.2, 0.25) is 0 Å². The van der Waals surface area contributed by atoms with Crippen molar-refractivity contribution in [2.45, 2.75) is 32.6 Å². The number of ether oxygens (including phenoxy) is 1. The summed E-state index contributed by atoms with van der Waals surface area (Å²) in [5.41, 5.74) is 1.17. The Kier molecular flexibility index (Phi) is 3.74. The molecular formula is C11H17NO. The summed E-state index contributed by atoms with van der Waals surface area (Å²) in [5, 5.41) is 0. The number of nitrogens with zero attached hydrogens (tertiary/aromatic N) is 1. The summed E-state index contributed by atoms with van der Waals surface area (Å²) < 4.78 is 5.05. The molecule has 0 atom stereocenters. The van der Waals surface area contributed by atoms with Crippen molar-refractivity contribution in [2.24, 2.45) is 0 Å². The van der Waals surface area contributed by atoms with Gasteiger partial charge < -0.3 is 4.74 Å². The first kappa shape index (κ1) is 10.0. The third-order valence-electron chi connectivity index (χ3n) is 2.40. The van der Waals surface area contributed by atoms with Gasteiger partial charge in [0, 0.05) is 11.6 Å². The highest BCUT2D eigenvalue weighted by molar-refractivity contribution is 5.21. The molecule has 0 bridgehead atoms. The minimum Gasteiger partial charge on any atom is -0.495 e. The summed E-state index contributed by atoms with van der Waals surface area (Å²) in [5.74, 6) is 1.42. The van der Waals surface area contributed by atoms with Gasteiger partial charge in [-0.15, -0.1) is 0 Å². The maximum atomic E-state index is 5.05. The molecule has 0 saturated heterocycles. The molecule has 0 radical (unpaired) electrons. The first-order valence-electron chi connectivity index (χ1n) is 4.81. The van der Waals surface area contributed by atoms with Crippen LogP contribution in [0.1, 0.15) is 38.3 Å². The maximum Gasteiger partial charge on any atom is 0.137 e. The Morgan fingerprint density at radius 3 is 2.38 bits per heavy atom. The van der Waals surface area contributed by atoms with Gasteiger partial charge in [-0.25, -0.2) is 0 Å². The summed E-state index contributed by atoms with van der Waals surface area (Å²) in [6, 6.07) is 4.02. The van der Waals surface area contributed by atoms with Gasteiger partial charge >= 0.3 is 0 Å². The second kappa shape index (κ2) is 4.85. The SMILES string of the molecule is CCC(CC)c1ccc(OC)cn1. The lowest BCUT2D eigenvalue weighted by Gasteiger charge is -2.11. The normalized spacial score (nSPS) is 10.5. The predicted octanol–water partition coefficient (Wildman–Crippen LogP) is 2.99. The minimum atomic E-state index is 0.589. The molecule has 0 unspecified atom stereocenters. The third kappa shape index (κ3) is 2.44. The van der Waals surface area contributed by atoms with Gasteiger partial charge in [-0.2, -0.15) is 0 Å². The molecular weight excluding hydrogens is 162 g/mol. The van der Waals surface area contributed by atoms with Crippen LogP contribution < -0.4 is 4.74 Å². The number of pyridine rings is 1. The Balaban J connectivity index is 2.78. The highest BCUT2D eigenvalue weighted by Crippen LogP contribution is 2.21. The van der Waals surface area contributed by atoms with Crippen LogP contribution in [0.25, 0.3) is 0 Å². The van der Waals surface area contributed by atoms with E-state index in [2.05, 4.69) is 24.9 Å². The molecule has 0 N–H and O–H groups in total. The van der Waals surface area contributed by atoms with Crippen LogP contribution in [0.5, 0.6) is 5.75 Å². The molecule has 0 aliphatic heterocycles. The minimum absolute atomic E-state index is 0.589. The van der Waals surface area contributed by atoms with Crippen LogP contribution in [0.3, 0.4) is 0 Å². The Bertz CT molecular complexity index is 239. The van der Waals surface area contributed by atoms with E-state index in [1.807, 2.05) is 6.07 Å². The van der Waals surface area contributed by atoms with Crippen LogP contribution in [0, 0.1) is 0 Å². The summed E-state index contributed by atoms with van der Waals surface area (Å²) in [4.78, 5) is 4.37. The molecule has 0 amide bonds. The number of rotatable bonds is 4. The molecule has 1 rings (SSSR count). The first-order chi connectivity index (χ1) is 6.31. The molecule has 0 aliphatic carbocycles. The molecule has 0 aromatic carbocycles. The van der Waals surface area contributed by atoms with Crippen molar-refractivity contribution in [3.05, 3.63) is 24.0 Å². The summed E-state index contributed by atoms with van der Waals surface area (Å²) in [6.07, 6.45) is 4.08. The van der Waals surface area contributed by atoms with Crippen molar-refractivity contribution in [1.29, 1.82) is 0 Å². The molecule has 2 nitrogen and oxygen atoms in total. The lowest BCUT2D eigenvalue weighted by atomic mass is 9.99. The molecule has 0 saturated carbocycles. The molecule has 0 spiro atoms. The Hall–Kier alpha value is -1.05. The quantitative estimate of drug-likeness (QED) is 0.708. The van der Waals surface area contributed by atoms with E-state index < -0.39 is 0 Å². The van der Waals surface area contributed by atoms with E-state index in [1.165, 1.54) is 5.69 Å². The van der Waals surface area contributed by atoms with Gasteiger partial charge in [-0.05, 0) is 25.0 Å². The molecule has 72 valence electrons. The monoisotopic (exact) mass is 179 g/mol. The fourth-order valence-corrected chi connectivity index (χ4v) is 1.46. The van der Waals surface area contributed by atoms with Crippen molar-refractivity contribution in [2.75, 3.05) is 7.11 Å². The fraction of sp³-hybridized carbons (Fsp3) is 0.545. The maximum absolute atomic E-state index is 5.05. The van der Waals surface area contributed by atoms with Crippen LogP contribution in [0.4, 0.5) is 0 Å². The zero-order valence-corrected chi connectivity index (χ0v) is 8.58. The van der Waals surface area contributed by atoms with E-state index in [1.54, 1.807) is 13.3 Å². The Morgan fingerprint density at radius 2 is 2.00 bits per heavy atom. The van der Waals surface area contributed by atoms with Crippen molar-refractivity contribution in [1.82, 2.24) is 4.98 Å². The lowest BCUT2D eigenvalue weighted by Crippen LogP contribution is -1.98. The van der Waals surface area contributed by atoms with Crippen LogP contribution in [-0.4, -0.2) is 12.1 Å². The largest absolute Gasteiger partial charge is 0.495 e. The number of methoxy groups -OCH3 is 1. The fourth-order valence-electron chi connectivity index (χ4n) is 1.46. The number of hydrogen-bond donors (Lipinski definition) is 0. The van der Waals surface area contributed by atoms with Gasteiger partial charge in [0.15, 0.2) is 0 Å². The zero-order chi connectivity index (χ0) is 9.68. The van der Waals surface area contributed by atoms with Crippen LogP contribution in [-0.2, 0) is 0 Å². The zero-order valence-electron chi connectivity index (χ0n) is 8.58. The van der Waals surface area contributed by atoms with Crippen molar-refractivity contribution < 1.29 is 4.74 Å². The second-order valence-electron chi connectivity index (χ2n) is 3.14. The molecule has 13 heavy (non-hydrogen) atoms. The third-order valence-corrected chi connectivity index (χ3v) is 2.40. The standard InChI is InChI=1S/C11H17NO/c1-4-9(5-2)11-7-6-10(13-3)8-12-11/h6-9H,4-5H2,1-3H3. The van der Waals surface area contributed by atoms with Crippen LogP contribution in [0.2, 0.25) is 0 Å². The number of hydrogen-bond acceptors (Lipinski definition) is 2. The topological polar surface area (TPSA) is 22.1 Å². The Labute approximate surface area is 80.0 Å². The first-order valence-corrected chi connectivity index (χ1v) is 4.81. The molecule has 1 aromatic heterocycles. The van der Waals surface area contributed by atoms with Crippen molar-refractivity contribution in [3.63, 3.8) is 0 Å².